The van der Waals surface area contributed by atoms with Gasteiger partial charge in [0.25, 0.3) is 0 Å². The first-order valence-electron chi connectivity index (χ1n) is 6.65. The molecule has 0 aliphatic carbocycles. The Bertz CT molecular complexity index is 676. The molecule has 0 aliphatic heterocycles. The molecule has 108 valence electrons. The van der Waals surface area contributed by atoms with Crippen LogP contribution in [0.2, 0.25) is 0 Å². The molecule has 0 saturated heterocycles. The maximum atomic E-state index is 9.28. The van der Waals surface area contributed by atoms with E-state index in [4.69, 9.17) is 10.5 Å². The van der Waals surface area contributed by atoms with Crippen molar-refractivity contribution in [2.24, 2.45) is 0 Å². The Morgan fingerprint density at radius 1 is 1.38 bits per heavy atom. The third-order valence-electron chi connectivity index (χ3n) is 3.18. The number of methoxy groups -OCH3 is 1. The predicted molar refractivity (Wildman–Crippen MR) is 83.9 cm³/mol. The SMILES string of the molecule is COCCNc1ncc(-c2cc(N)ccc2C)cc1C#N. The van der Waals surface area contributed by atoms with Gasteiger partial charge in [0, 0.05) is 31.1 Å². The number of nitrogens with one attached hydrogen (secondary N) is 1. The van der Waals surface area contributed by atoms with Crippen molar-refractivity contribution in [3.05, 3.63) is 41.6 Å². The smallest absolute Gasteiger partial charge is 0.144 e. The van der Waals surface area contributed by atoms with Crippen molar-refractivity contribution in [2.75, 3.05) is 31.3 Å². The minimum Gasteiger partial charge on any atom is -0.399 e. The highest BCUT2D eigenvalue weighted by Crippen LogP contribution is 2.27. The largest absolute Gasteiger partial charge is 0.399 e. The number of hydrogen-bond acceptors (Lipinski definition) is 5. The summed E-state index contributed by atoms with van der Waals surface area (Å²) in [6, 6.07) is 9.71. The van der Waals surface area contributed by atoms with Crippen LogP contribution in [0.3, 0.4) is 0 Å². The first-order valence-corrected chi connectivity index (χ1v) is 6.65. The fourth-order valence-electron chi connectivity index (χ4n) is 2.06. The number of nitrogens with two attached hydrogens (primary N) is 1. The van der Waals surface area contributed by atoms with E-state index in [1.165, 1.54) is 0 Å². The molecule has 0 unspecified atom stereocenters. The van der Waals surface area contributed by atoms with Crippen molar-refractivity contribution in [3.8, 4) is 17.2 Å². The minimum atomic E-state index is 0.505. The first-order chi connectivity index (χ1) is 10.2. The molecule has 21 heavy (non-hydrogen) atoms. The average Bonchev–Trinajstić information content (AvgIpc) is 2.50. The van der Waals surface area contributed by atoms with E-state index in [-0.39, 0.29) is 0 Å². The number of aromatic nitrogens is 1. The van der Waals surface area contributed by atoms with Crippen LogP contribution in [0.5, 0.6) is 0 Å². The third kappa shape index (κ3) is 3.50. The molecule has 0 amide bonds. The maximum absolute atomic E-state index is 9.28. The van der Waals surface area contributed by atoms with Crippen molar-refractivity contribution in [2.45, 2.75) is 6.92 Å². The molecule has 0 bridgehead atoms. The summed E-state index contributed by atoms with van der Waals surface area (Å²) < 4.78 is 4.97. The van der Waals surface area contributed by atoms with E-state index in [2.05, 4.69) is 16.4 Å². The zero-order chi connectivity index (χ0) is 15.2. The zero-order valence-electron chi connectivity index (χ0n) is 12.2. The highest BCUT2D eigenvalue weighted by molar-refractivity contribution is 5.73. The van der Waals surface area contributed by atoms with E-state index in [1.54, 1.807) is 13.3 Å². The third-order valence-corrected chi connectivity index (χ3v) is 3.18. The summed E-state index contributed by atoms with van der Waals surface area (Å²) in [4.78, 5) is 4.34. The topological polar surface area (TPSA) is 84.0 Å². The summed E-state index contributed by atoms with van der Waals surface area (Å²) in [6.45, 7) is 3.17. The fraction of sp³-hybridized carbons (Fsp3) is 0.250. The molecule has 0 atom stereocenters. The van der Waals surface area contributed by atoms with Gasteiger partial charge in [0.2, 0.25) is 0 Å². The molecule has 2 aromatic rings. The predicted octanol–water partition coefficient (Wildman–Crippen LogP) is 2.57. The van der Waals surface area contributed by atoms with Gasteiger partial charge in [0.15, 0.2) is 0 Å². The molecule has 1 aromatic heterocycles. The molecule has 1 heterocycles. The number of hydrogen-bond donors (Lipinski definition) is 2. The maximum Gasteiger partial charge on any atom is 0.144 e. The molecule has 5 nitrogen and oxygen atoms in total. The number of rotatable bonds is 5. The first kappa shape index (κ1) is 14.8. The van der Waals surface area contributed by atoms with Gasteiger partial charge in [0.1, 0.15) is 11.9 Å². The van der Waals surface area contributed by atoms with E-state index >= 15 is 0 Å². The number of pyridine rings is 1. The van der Waals surface area contributed by atoms with Gasteiger partial charge in [-0.15, -0.1) is 0 Å². The average molecular weight is 282 g/mol. The molecular formula is C16H18N4O. The summed E-state index contributed by atoms with van der Waals surface area (Å²) in [6.07, 6.45) is 1.75. The van der Waals surface area contributed by atoms with Crippen molar-refractivity contribution >= 4 is 11.5 Å². The van der Waals surface area contributed by atoms with Crippen LogP contribution in [-0.2, 0) is 4.74 Å². The highest BCUT2D eigenvalue weighted by Gasteiger charge is 2.08. The monoisotopic (exact) mass is 282 g/mol. The molecule has 0 spiro atoms. The lowest BCUT2D eigenvalue weighted by molar-refractivity contribution is 0.210. The van der Waals surface area contributed by atoms with E-state index in [0.29, 0.717) is 30.2 Å². The number of aryl methyl sites for hydroxylation is 1. The van der Waals surface area contributed by atoms with Crippen molar-refractivity contribution in [3.63, 3.8) is 0 Å². The number of nitrogen functional groups attached to an aromatic ring is 1. The Balaban J connectivity index is 2.35. The van der Waals surface area contributed by atoms with Gasteiger partial charge in [-0.25, -0.2) is 4.98 Å². The number of nitrogens with zero attached hydrogens (tertiary/aromatic N) is 2. The number of nitriles is 1. The van der Waals surface area contributed by atoms with E-state index in [1.807, 2.05) is 31.2 Å². The molecule has 2 rings (SSSR count). The molecule has 5 heteroatoms. The van der Waals surface area contributed by atoms with Gasteiger partial charge < -0.3 is 15.8 Å². The molecular weight excluding hydrogens is 264 g/mol. The summed E-state index contributed by atoms with van der Waals surface area (Å²) >= 11 is 0. The van der Waals surface area contributed by atoms with Crippen LogP contribution >= 0.6 is 0 Å². The lowest BCUT2D eigenvalue weighted by atomic mass is 10.00. The van der Waals surface area contributed by atoms with Gasteiger partial charge in [-0.2, -0.15) is 5.26 Å². The van der Waals surface area contributed by atoms with Crippen LogP contribution < -0.4 is 11.1 Å². The van der Waals surface area contributed by atoms with Crippen LogP contribution in [0.25, 0.3) is 11.1 Å². The second kappa shape index (κ2) is 6.73. The molecule has 0 fully saturated rings. The minimum absolute atomic E-state index is 0.505. The summed E-state index contributed by atoms with van der Waals surface area (Å²) in [5, 5.41) is 12.4. The quantitative estimate of drug-likeness (QED) is 0.650. The Labute approximate surface area is 124 Å². The lowest BCUT2D eigenvalue weighted by Crippen LogP contribution is -2.10. The Morgan fingerprint density at radius 3 is 2.90 bits per heavy atom. The van der Waals surface area contributed by atoms with Gasteiger partial charge in [-0.1, -0.05) is 6.07 Å². The standard InChI is InChI=1S/C16H18N4O/c1-11-3-4-14(18)8-15(11)13-7-12(9-17)16(20-10-13)19-5-6-21-2/h3-4,7-8,10H,5-6,18H2,1-2H3,(H,19,20). The van der Waals surface area contributed by atoms with Gasteiger partial charge in [-0.05, 0) is 36.2 Å². The van der Waals surface area contributed by atoms with Crippen LogP contribution in [0.1, 0.15) is 11.1 Å². The Morgan fingerprint density at radius 2 is 2.19 bits per heavy atom. The van der Waals surface area contributed by atoms with Crippen molar-refractivity contribution in [1.29, 1.82) is 5.26 Å². The molecule has 1 aromatic carbocycles. The summed E-state index contributed by atoms with van der Waals surface area (Å²) in [5.41, 5.74) is 9.99. The van der Waals surface area contributed by atoms with E-state index < -0.39 is 0 Å². The van der Waals surface area contributed by atoms with Crippen LogP contribution in [0, 0.1) is 18.3 Å². The lowest BCUT2D eigenvalue weighted by Gasteiger charge is -2.10. The van der Waals surface area contributed by atoms with Gasteiger partial charge >= 0.3 is 0 Å². The Kier molecular flexibility index (Phi) is 4.75. The van der Waals surface area contributed by atoms with Crippen LogP contribution in [-0.4, -0.2) is 25.2 Å². The number of ether oxygens (including phenoxy) is 1. The van der Waals surface area contributed by atoms with Crippen LogP contribution in [0.15, 0.2) is 30.5 Å². The van der Waals surface area contributed by atoms with Crippen molar-refractivity contribution < 1.29 is 4.74 Å². The number of benzene rings is 1. The summed E-state index contributed by atoms with van der Waals surface area (Å²) in [7, 11) is 1.63. The van der Waals surface area contributed by atoms with Crippen molar-refractivity contribution in [1.82, 2.24) is 4.98 Å². The Hall–Kier alpha value is -2.58. The van der Waals surface area contributed by atoms with Gasteiger partial charge in [-0.3, -0.25) is 0 Å². The molecule has 3 N–H and O–H groups in total. The normalized spacial score (nSPS) is 10.1. The molecule has 0 aliphatic rings. The van der Waals surface area contributed by atoms with Crippen LogP contribution in [0.4, 0.5) is 11.5 Å². The second-order valence-electron chi connectivity index (χ2n) is 4.73. The fourth-order valence-corrected chi connectivity index (χ4v) is 2.06. The zero-order valence-corrected chi connectivity index (χ0v) is 12.2. The number of anilines is 2. The van der Waals surface area contributed by atoms with E-state index in [0.717, 1.165) is 16.7 Å². The van der Waals surface area contributed by atoms with E-state index in [9.17, 15) is 5.26 Å². The molecule has 0 saturated carbocycles. The summed E-state index contributed by atoms with van der Waals surface area (Å²) in [5.74, 6) is 0.569. The highest BCUT2D eigenvalue weighted by atomic mass is 16.5. The van der Waals surface area contributed by atoms with Gasteiger partial charge in [0.05, 0.1) is 12.2 Å². The second-order valence-corrected chi connectivity index (χ2v) is 4.73. The molecule has 0 radical (unpaired) electrons.